The normalized spacial score (nSPS) is 12.6. The first-order chi connectivity index (χ1) is 9.10. The van der Waals surface area contributed by atoms with E-state index in [4.69, 9.17) is 27.7 Å². The molecule has 1 aromatic carbocycles. The third-order valence-electron chi connectivity index (χ3n) is 2.68. The zero-order valence-corrected chi connectivity index (χ0v) is 11.9. The van der Waals surface area contributed by atoms with Crippen LogP contribution < -0.4 is 0 Å². The second-order valence-electron chi connectivity index (χ2n) is 4.28. The highest BCUT2D eigenvalue weighted by molar-refractivity contribution is 6.42. The molecule has 0 bridgehead atoms. The van der Waals surface area contributed by atoms with Gasteiger partial charge in [-0.2, -0.15) is 4.98 Å². The highest BCUT2D eigenvalue weighted by Crippen LogP contribution is 2.24. The zero-order valence-electron chi connectivity index (χ0n) is 10.4. The lowest BCUT2D eigenvalue weighted by molar-refractivity contribution is 0.153. The van der Waals surface area contributed by atoms with Crippen LogP contribution in [0.3, 0.4) is 0 Å². The minimum Gasteiger partial charge on any atom is -0.385 e. The Balaban J connectivity index is 2.09. The predicted octanol–water partition coefficient (Wildman–Crippen LogP) is 3.80. The van der Waals surface area contributed by atoms with Gasteiger partial charge in [0.05, 0.1) is 16.5 Å². The molecule has 1 N–H and O–H groups in total. The highest BCUT2D eigenvalue weighted by Gasteiger charge is 2.15. The van der Waals surface area contributed by atoms with Crippen molar-refractivity contribution in [3.05, 3.63) is 45.5 Å². The van der Waals surface area contributed by atoms with Crippen molar-refractivity contribution in [2.24, 2.45) is 0 Å². The largest absolute Gasteiger partial charge is 0.385 e. The average Bonchev–Trinajstić information content (AvgIpc) is 2.83. The molecule has 4 nitrogen and oxygen atoms in total. The second kappa shape index (κ2) is 6.37. The summed E-state index contributed by atoms with van der Waals surface area (Å²) in [5.41, 5.74) is 0.926. The van der Waals surface area contributed by atoms with Crippen molar-refractivity contribution >= 4 is 23.2 Å². The minimum absolute atomic E-state index is 0.330. The summed E-state index contributed by atoms with van der Waals surface area (Å²) in [6.45, 7) is 1.99. The number of hydrogen-bond acceptors (Lipinski definition) is 4. The number of hydrogen-bond donors (Lipinski definition) is 1. The van der Waals surface area contributed by atoms with E-state index in [9.17, 15) is 5.11 Å². The quantitative estimate of drug-likeness (QED) is 0.912. The van der Waals surface area contributed by atoms with Crippen LogP contribution in [-0.2, 0) is 6.42 Å². The first-order valence-electron chi connectivity index (χ1n) is 6.04. The molecule has 0 saturated heterocycles. The van der Waals surface area contributed by atoms with Gasteiger partial charge < -0.3 is 9.63 Å². The Labute approximate surface area is 121 Å². The van der Waals surface area contributed by atoms with Gasteiger partial charge in [0.1, 0.15) is 6.10 Å². The lowest BCUT2D eigenvalue weighted by Gasteiger charge is -2.01. The van der Waals surface area contributed by atoms with E-state index in [0.29, 0.717) is 34.6 Å². The van der Waals surface area contributed by atoms with Gasteiger partial charge in [-0.15, -0.1) is 0 Å². The van der Waals surface area contributed by atoms with Gasteiger partial charge in [0.2, 0.25) is 5.89 Å². The fraction of sp³-hybridized carbons (Fsp3) is 0.385. The van der Waals surface area contributed by atoms with Crippen molar-refractivity contribution < 1.29 is 9.63 Å². The maximum absolute atomic E-state index is 9.76. The van der Waals surface area contributed by atoms with E-state index in [1.165, 1.54) is 0 Å². The summed E-state index contributed by atoms with van der Waals surface area (Å²) in [5.74, 6) is 0.778. The van der Waals surface area contributed by atoms with E-state index in [-0.39, 0.29) is 0 Å². The molecule has 19 heavy (non-hydrogen) atoms. The molecule has 0 aliphatic heterocycles. The number of aliphatic hydroxyl groups is 1. The second-order valence-corrected chi connectivity index (χ2v) is 5.09. The van der Waals surface area contributed by atoms with Gasteiger partial charge in [0.15, 0.2) is 5.82 Å². The molecule has 2 aromatic rings. The van der Waals surface area contributed by atoms with Gasteiger partial charge in [-0.3, -0.25) is 0 Å². The molecule has 0 saturated carbocycles. The highest BCUT2D eigenvalue weighted by atomic mass is 35.5. The van der Waals surface area contributed by atoms with Gasteiger partial charge in [-0.25, -0.2) is 0 Å². The molecule has 0 fully saturated rings. The molecule has 1 atom stereocenters. The van der Waals surface area contributed by atoms with Crippen molar-refractivity contribution in [2.75, 3.05) is 0 Å². The maximum atomic E-state index is 9.76. The van der Waals surface area contributed by atoms with Crippen LogP contribution in [0, 0.1) is 0 Å². The molecule has 1 heterocycles. The molecule has 0 aliphatic carbocycles. The first-order valence-corrected chi connectivity index (χ1v) is 6.80. The molecule has 1 unspecified atom stereocenters. The lowest BCUT2D eigenvalue weighted by atomic mass is 10.1. The number of benzene rings is 1. The Bertz CT molecular complexity index is 557. The molecule has 0 spiro atoms. The summed E-state index contributed by atoms with van der Waals surface area (Å²) in [6.07, 6.45) is 1.27. The van der Waals surface area contributed by atoms with Gasteiger partial charge in [-0.05, 0) is 24.1 Å². The number of aromatic nitrogens is 2. The van der Waals surface area contributed by atoms with Crippen LogP contribution in [0.15, 0.2) is 22.7 Å². The molecule has 1 aromatic heterocycles. The minimum atomic E-state index is -0.670. The average molecular weight is 301 g/mol. The van der Waals surface area contributed by atoms with Gasteiger partial charge in [0.25, 0.3) is 0 Å². The van der Waals surface area contributed by atoms with E-state index in [2.05, 4.69) is 10.1 Å². The summed E-state index contributed by atoms with van der Waals surface area (Å²) < 4.78 is 5.11. The molecule has 2 rings (SSSR count). The summed E-state index contributed by atoms with van der Waals surface area (Å²) in [7, 11) is 0. The van der Waals surface area contributed by atoms with E-state index < -0.39 is 6.10 Å². The number of halogens is 2. The third kappa shape index (κ3) is 3.69. The van der Waals surface area contributed by atoms with Crippen LogP contribution >= 0.6 is 23.2 Å². The molecular weight excluding hydrogens is 287 g/mol. The molecular formula is C13H14Cl2N2O2. The van der Waals surface area contributed by atoms with E-state index in [0.717, 1.165) is 12.0 Å². The van der Waals surface area contributed by atoms with E-state index in [1.807, 2.05) is 13.0 Å². The van der Waals surface area contributed by atoms with Crippen molar-refractivity contribution in [2.45, 2.75) is 32.3 Å². The van der Waals surface area contributed by atoms with Crippen molar-refractivity contribution in [1.82, 2.24) is 10.1 Å². The third-order valence-corrected chi connectivity index (χ3v) is 3.42. The summed E-state index contributed by atoms with van der Waals surface area (Å²) >= 11 is 11.8. The van der Waals surface area contributed by atoms with Crippen LogP contribution in [0.1, 0.15) is 43.1 Å². The monoisotopic (exact) mass is 300 g/mol. The number of aliphatic hydroxyl groups excluding tert-OH is 1. The Morgan fingerprint density at radius 1 is 1.32 bits per heavy atom. The molecule has 0 amide bonds. The van der Waals surface area contributed by atoms with Crippen LogP contribution in [0.25, 0.3) is 0 Å². The van der Waals surface area contributed by atoms with Crippen molar-refractivity contribution in [1.29, 1.82) is 0 Å². The Hall–Kier alpha value is -1.10. The van der Waals surface area contributed by atoms with Crippen LogP contribution in [0.5, 0.6) is 0 Å². The molecule has 0 aliphatic rings. The Morgan fingerprint density at radius 3 is 2.79 bits per heavy atom. The van der Waals surface area contributed by atoms with Crippen LogP contribution in [-0.4, -0.2) is 15.2 Å². The van der Waals surface area contributed by atoms with Gasteiger partial charge in [-0.1, -0.05) is 47.8 Å². The topological polar surface area (TPSA) is 59.2 Å². The fourth-order valence-electron chi connectivity index (χ4n) is 1.70. The zero-order chi connectivity index (χ0) is 13.8. The van der Waals surface area contributed by atoms with E-state index in [1.54, 1.807) is 12.1 Å². The van der Waals surface area contributed by atoms with E-state index >= 15 is 0 Å². The smallest absolute Gasteiger partial charge is 0.231 e. The number of nitrogens with zero attached hydrogens (tertiary/aromatic N) is 2. The summed E-state index contributed by atoms with van der Waals surface area (Å²) in [5, 5.41) is 14.5. The maximum Gasteiger partial charge on any atom is 0.231 e. The lowest BCUT2D eigenvalue weighted by Crippen LogP contribution is -1.99. The molecule has 6 heteroatoms. The predicted molar refractivity (Wildman–Crippen MR) is 73.4 cm³/mol. The Morgan fingerprint density at radius 2 is 2.11 bits per heavy atom. The number of rotatable bonds is 5. The van der Waals surface area contributed by atoms with Crippen molar-refractivity contribution in [3.63, 3.8) is 0 Å². The van der Waals surface area contributed by atoms with Crippen LogP contribution in [0.2, 0.25) is 10.0 Å². The van der Waals surface area contributed by atoms with Crippen LogP contribution in [0.4, 0.5) is 0 Å². The SMILES string of the molecule is CCCC(O)c1noc(Cc2ccc(Cl)c(Cl)c2)n1. The van der Waals surface area contributed by atoms with Crippen molar-refractivity contribution in [3.8, 4) is 0 Å². The van der Waals surface area contributed by atoms with Gasteiger partial charge in [0, 0.05) is 0 Å². The standard InChI is InChI=1S/C13H14Cl2N2O2/c1-2-3-11(18)13-16-12(19-17-13)7-8-4-5-9(14)10(15)6-8/h4-6,11,18H,2-3,7H2,1H3. The Kier molecular flexibility index (Phi) is 4.80. The molecule has 102 valence electrons. The fourth-order valence-corrected chi connectivity index (χ4v) is 2.02. The first kappa shape index (κ1) is 14.3. The molecule has 0 radical (unpaired) electrons. The summed E-state index contributed by atoms with van der Waals surface area (Å²) in [6, 6.07) is 5.33. The van der Waals surface area contributed by atoms with Gasteiger partial charge >= 0.3 is 0 Å². The summed E-state index contributed by atoms with van der Waals surface area (Å²) in [4.78, 5) is 4.17.